The van der Waals surface area contributed by atoms with Gasteiger partial charge in [0.2, 0.25) is 5.91 Å². The number of piperidine rings is 1. The van der Waals surface area contributed by atoms with Crippen LogP contribution in [0.4, 0.5) is 0 Å². The molecule has 2 fully saturated rings. The number of ether oxygens (including phenoxy) is 1. The first kappa shape index (κ1) is 18.6. The molecule has 1 unspecified atom stereocenters. The minimum atomic E-state index is -0.761. The van der Waals surface area contributed by atoms with Gasteiger partial charge in [0.05, 0.1) is 6.61 Å². The van der Waals surface area contributed by atoms with Crippen LogP contribution in [0, 0.1) is 0 Å². The first-order chi connectivity index (χ1) is 12.5. The van der Waals surface area contributed by atoms with Crippen LogP contribution in [0.2, 0.25) is 0 Å². The van der Waals surface area contributed by atoms with Crippen molar-refractivity contribution in [3.63, 3.8) is 0 Å². The summed E-state index contributed by atoms with van der Waals surface area (Å²) in [6.07, 6.45) is 4.70. The van der Waals surface area contributed by atoms with Crippen LogP contribution < -0.4 is 5.56 Å². The van der Waals surface area contributed by atoms with E-state index in [1.54, 1.807) is 28.8 Å². The monoisotopic (exact) mass is 361 g/mol. The van der Waals surface area contributed by atoms with E-state index in [4.69, 9.17) is 4.74 Å². The molecule has 3 heterocycles. The average Bonchev–Trinajstić information content (AvgIpc) is 3.06. The number of pyridine rings is 1. The number of aryl methyl sites for hydroxylation is 1. The molecule has 7 heteroatoms. The van der Waals surface area contributed by atoms with Gasteiger partial charge in [-0.15, -0.1) is 0 Å². The average molecular weight is 361 g/mol. The van der Waals surface area contributed by atoms with E-state index in [0.717, 1.165) is 12.8 Å². The fraction of sp³-hybridized carbons (Fsp3) is 0.632. The van der Waals surface area contributed by atoms with Crippen molar-refractivity contribution in [2.75, 3.05) is 33.4 Å². The van der Waals surface area contributed by atoms with Crippen molar-refractivity contribution in [1.82, 2.24) is 14.4 Å². The van der Waals surface area contributed by atoms with Gasteiger partial charge in [-0.1, -0.05) is 0 Å². The minimum Gasteiger partial charge on any atom is -0.383 e. The predicted molar refractivity (Wildman–Crippen MR) is 97.1 cm³/mol. The van der Waals surface area contributed by atoms with E-state index >= 15 is 0 Å². The number of aromatic nitrogens is 1. The van der Waals surface area contributed by atoms with Crippen LogP contribution in [0.15, 0.2) is 23.1 Å². The van der Waals surface area contributed by atoms with Crippen LogP contribution in [0.5, 0.6) is 0 Å². The van der Waals surface area contributed by atoms with Gasteiger partial charge in [-0.3, -0.25) is 14.4 Å². The molecule has 0 radical (unpaired) electrons. The van der Waals surface area contributed by atoms with Crippen LogP contribution in [-0.4, -0.2) is 65.1 Å². The van der Waals surface area contributed by atoms with Crippen molar-refractivity contribution in [2.24, 2.45) is 0 Å². The molecule has 0 aliphatic carbocycles. The number of methoxy groups -OCH3 is 1. The zero-order valence-electron chi connectivity index (χ0n) is 15.6. The lowest BCUT2D eigenvalue weighted by molar-refractivity contribution is -0.146. The Hall–Kier alpha value is -2.15. The number of carbonyl (C=O) groups excluding carboxylic acids is 2. The Morgan fingerprint density at radius 3 is 2.62 bits per heavy atom. The Morgan fingerprint density at radius 2 is 1.96 bits per heavy atom. The topological polar surface area (TPSA) is 71.9 Å². The van der Waals surface area contributed by atoms with Crippen LogP contribution in [0.1, 0.15) is 43.0 Å². The highest BCUT2D eigenvalue weighted by Gasteiger charge is 2.52. The predicted octanol–water partition coefficient (Wildman–Crippen LogP) is 1.11. The molecular formula is C19H27N3O4. The van der Waals surface area contributed by atoms with Gasteiger partial charge in [0.1, 0.15) is 5.54 Å². The maximum absolute atomic E-state index is 13.2. The summed E-state index contributed by atoms with van der Waals surface area (Å²) in [5, 5.41) is 0. The third kappa shape index (κ3) is 3.16. The Labute approximate surface area is 153 Å². The molecule has 2 aliphatic rings. The molecule has 0 bridgehead atoms. The molecule has 2 aliphatic heterocycles. The summed E-state index contributed by atoms with van der Waals surface area (Å²) in [5.74, 6) is -0.196. The summed E-state index contributed by atoms with van der Waals surface area (Å²) in [7, 11) is 1.62. The largest absolute Gasteiger partial charge is 0.383 e. The minimum absolute atomic E-state index is 0.0218. The second-order valence-electron chi connectivity index (χ2n) is 7.02. The van der Waals surface area contributed by atoms with Gasteiger partial charge in [-0.05, 0) is 38.7 Å². The van der Waals surface area contributed by atoms with Gasteiger partial charge in [-0.25, -0.2) is 0 Å². The summed E-state index contributed by atoms with van der Waals surface area (Å²) in [4.78, 5) is 41.9. The Bertz CT molecular complexity index is 745. The molecule has 26 heavy (non-hydrogen) atoms. The van der Waals surface area contributed by atoms with Crippen molar-refractivity contribution in [2.45, 2.75) is 44.7 Å². The Kier molecular flexibility index (Phi) is 5.46. The second-order valence-corrected chi connectivity index (χ2v) is 7.02. The third-order valence-electron chi connectivity index (χ3n) is 5.59. The molecule has 2 saturated heterocycles. The quantitative estimate of drug-likeness (QED) is 0.788. The maximum Gasteiger partial charge on any atom is 0.255 e. The van der Waals surface area contributed by atoms with Gasteiger partial charge in [0.15, 0.2) is 0 Å². The summed E-state index contributed by atoms with van der Waals surface area (Å²) >= 11 is 0. The normalized spacial score (nSPS) is 23.1. The number of amides is 2. The van der Waals surface area contributed by atoms with Crippen molar-refractivity contribution in [1.29, 1.82) is 0 Å². The molecule has 142 valence electrons. The van der Waals surface area contributed by atoms with Crippen molar-refractivity contribution >= 4 is 11.8 Å². The highest BCUT2D eigenvalue weighted by atomic mass is 16.5. The van der Waals surface area contributed by atoms with Gasteiger partial charge in [0, 0.05) is 51.1 Å². The number of hydrogen-bond donors (Lipinski definition) is 0. The van der Waals surface area contributed by atoms with Gasteiger partial charge in [-0.2, -0.15) is 0 Å². The number of nitrogens with zero attached hydrogens (tertiary/aromatic N) is 3. The number of hydrogen-bond acceptors (Lipinski definition) is 4. The fourth-order valence-corrected chi connectivity index (χ4v) is 4.19. The van der Waals surface area contributed by atoms with E-state index in [2.05, 4.69) is 0 Å². The van der Waals surface area contributed by atoms with E-state index in [1.165, 1.54) is 6.07 Å². The van der Waals surface area contributed by atoms with Crippen LogP contribution in [0.3, 0.4) is 0 Å². The summed E-state index contributed by atoms with van der Waals surface area (Å²) in [6.45, 7) is 4.75. The summed E-state index contributed by atoms with van der Waals surface area (Å²) in [6, 6.07) is 3.06. The second kappa shape index (κ2) is 7.61. The van der Waals surface area contributed by atoms with E-state index in [0.29, 0.717) is 51.2 Å². The van der Waals surface area contributed by atoms with Gasteiger partial charge < -0.3 is 19.1 Å². The van der Waals surface area contributed by atoms with Crippen molar-refractivity contribution in [3.8, 4) is 0 Å². The lowest BCUT2D eigenvalue weighted by Crippen LogP contribution is -2.61. The Balaban J connectivity index is 1.87. The standard InChI is InChI=1S/C19H27N3O4/c1-3-20-11-6-15(14-16(20)23)17(24)22-10-5-8-19(22)7-4-9-21(18(19)25)12-13-26-2/h6,11,14H,3-5,7-10,12-13H2,1-2H3. The van der Waals surface area contributed by atoms with Gasteiger partial charge >= 0.3 is 0 Å². The number of carbonyl (C=O) groups is 2. The first-order valence-electron chi connectivity index (χ1n) is 9.34. The molecule has 1 aromatic heterocycles. The fourth-order valence-electron chi connectivity index (χ4n) is 4.19. The smallest absolute Gasteiger partial charge is 0.255 e. The van der Waals surface area contributed by atoms with Crippen LogP contribution >= 0.6 is 0 Å². The van der Waals surface area contributed by atoms with Crippen LogP contribution in [0.25, 0.3) is 0 Å². The van der Waals surface area contributed by atoms with Crippen molar-refractivity contribution < 1.29 is 14.3 Å². The highest BCUT2D eigenvalue weighted by Crippen LogP contribution is 2.39. The van der Waals surface area contributed by atoms with E-state index in [9.17, 15) is 14.4 Å². The number of likely N-dealkylation sites (tertiary alicyclic amines) is 2. The first-order valence-corrected chi connectivity index (χ1v) is 9.34. The maximum atomic E-state index is 13.2. The molecule has 0 saturated carbocycles. The zero-order valence-corrected chi connectivity index (χ0v) is 15.6. The molecule has 0 aromatic carbocycles. The molecule has 7 nitrogen and oxygen atoms in total. The molecule has 3 rings (SSSR count). The van der Waals surface area contributed by atoms with Gasteiger partial charge in [0.25, 0.3) is 11.5 Å². The molecule has 1 spiro atoms. The van der Waals surface area contributed by atoms with E-state index in [1.807, 2.05) is 11.8 Å². The van der Waals surface area contributed by atoms with E-state index in [-0.39, 0.29) is 17.4 Å². The lowest BCUT2D eigenvalue weighted by atomic mass is 9.85. The SMILES string of the molecule is CCn1ccc(C(=O)N2CCCC23CCCN(CCOC)C3=O)cc1=O. The molecular weight excluding hydrogens is 334 g/mol. The lowest BCUT2D eigenvalue weighted by Gasteiger charge is -2.44. The molecule has 2 amide bonds. The molecule has 0 N–H and O–H groups in total. The van der Waals surface area contributed by atoms with Crippen LogP contribution in [-0.2, 0) is 16.1 Å². The highest BCUT2D eigenvalue weighted by molar-refractivity contribution is 6.00. The van der Waals surface area contributed by atoms with Crippen molar-refractivity contribution in [3.05, 3.63) is 34.2 Å². The molecule has 1 atom stereocenters. The molecule has 1 aromatic rings. The summed E-state index contributed by atoms with van der Waals surface area (Å²) in [5.41, 5.74) is -0.589. The number of rotatable bonds is 5. The third-order valence-corrected chi connectivity index (χ3v) is 5.59. The zero-order chi connectivity index (χ0) is 18.7. The summed E-state index contributed by atoms with van der Waals surface area (Å²) < 4.78 is 6.66. The van der Waals surface area contributed by atoms with E-state index < -0.39 is 5.54 Å². The Morgan fingerprint density at radius 1 is 1.23 bits per heavy atom.